The van der Waals surface area contributed by atoms with E-state index in [1.807, 2.05) is 0 Å². The summed E-state index contributed by atoms with van der Waals surface area (Å²) in [6, 6.07) is 4.32. The maximum atomic E-state index is 11.2. The van der Waals surface area contributed by atoms with Gasteiger partial charge in [0.05, 0.1) is 4.92 Å². The predicted molar refractivity (Wildman–Crippen MR) is 75.3 cm³/mol. The normalized spacial score (nSPS) is 17.8. The van der Waals surface area contributed by atoms with Crippen LogP contribution >= 0.6 is 0 Å². The standard InChI is InChI=1S/C14H18N2O5/c17-14(18)13-11(2-1-3-12(13)16(19)20)8-15-6-4-10-5-7-21-9-10/h1-3,10,15H,4-9H2,(H,17,18). The highest BCUT2D eigenvalue weighted by Gasteiger charge is 2.23. The van der Waals surface area contributed by atoms with E-state index in [4.69, 9.17) is 4.74 Å². The van der Waals surface area contributed by atoms with Crippen LogP contribution in [-0.2, 0) is 11.3 Å². The number of carboxylic acid groups (broad SMARTS) is 1. The average Bonchev–Trinajstić information content (AvgIpc) is 2.96. The summed E-state index contributed by atoms with van der Waals surface area (Å²) in [4.78, 5) is 21.5. The van der Waals surface area contributed by atoms with Crippen LogP contribution in [0.15, 0.2) is 18.2 Å². The van der Waals surface area contributed by atoms with Gasteiger partial charge in [-0.15, -0.1) is 0 Å². The first kappa shape index (κ1) is 15.4. The molecule has 1 aromatic carbocycles. The second kappa shape index (κ2) is 7.14. The number of rotatable bonds is 7. The number of nitrogens with one attached hydrogen (secondary N) is 1. The van der Waals surface area contributed by atoms with Crippen molar-refractivity contribution in [3.05, 3.63) is 39.4 Å². The van der Waals surface area contributed by atoms with E-state index in [9.17, 15) is 20.0 Å². The van der Waals surface area contributed by atoms with Gasteiger partial charge in [-0.1, -0.05) is 12.1 Å². The third kappa shape index (κ3) is 3.99. The molecule has 2 N–H and O–H groups in total. The molecule has 0 radical (unpaired) electrons. The lowest BCUT2D eigenvalue weighted by molar-refractivity contribution is -0.385. The van der Waals surface area contributed by atoms with Crippen LogP contribution in [0.1, 0.15) is 28.8 Å². The van der Waals surface area contributed by atoms with Gasteiger partial charge in [0.25, 0.3) is 5.69 Å². The first-order valence-electron chi connectivity index (χ1n) is 6.87. The molecule has 1 heterocycles. The summed E-state index contributed by atoms with van der Waals surface area (Å²) in [7, 11) is 0. The molecule has 0 saturated carbocycles. The van der Waals surface area contributed by atoms with Gasteiger partial charge in [0.15, 0.2) is 0 Å². The van der Waals surface area contributed by atoms with Gasteiger partial charge >= 0.3 is 5.97 Å². The Kier molecular flexibility index (Phi) is 5.24. The van der Waals surface area contributed by atoms with Gasteiger partial charge in [-0.05, 0) is 30.9 Å². The van der Waals surface area contributed by atoms with Crippen molar-refractivity contribution < 1.29 is 19.6 Å². The smallest absolute Gasteiger partial charge is 0.343 e. The van der Waals surface area contributed by atoms with E-state index in [1.165, 1.54) is 12.1 Å². The Morgan fingerprint density at radius 3 is 2.95 bits per heavy atom. The predicted octanol–water partition coefficient (Wildman–Crippen LogP) is 1.81. The number of hydrogen-bond acceptors (Lipinski definition) is 5. The lowest BCUT2D eigenvalue weighted by atomic mass is 10.0. The van der Waals surface area contributed by atoms with Crippen LogP contribution in [0.5, 0.6) is 0 Å². The monoisotopic (exact) mass is 294 g/mol. The molecule has 1 atom stereocenters. The van der Waals surface area contributed by atoms with Crippen LogP contribution in [-0.4, -0.2) is 35.8 Å². The number of benzene rings is 1. The molecule has 7 heteroatoms. The highest BCUT2D eigenvalue weighted by molar-refractivity contribution is 5.94. The maximum Gasteiger partial charge on any atom is 0.343 e. The Labute approximate surface area is 122 Å². The number of hydrogen-bond donors (Lipinski definition) is 2. The zero-order valence-electron chi connectivity index (χ0n) is 11.6. The summed E-state index contributed by atoms with van der Waals surface area (Å²) in [5.74, 6) is -0.732. The first-order valence-corrected chi connectivity index (χ1v) is 6.87. The number of carbonyl (C=O) groups is 1. The van der Waals surface area contributed by atoms with Gasteiger partial charge in [-0.2, -0.15) is 0 Å². The van der Waals surface area contributed by atoms with Crippen LogP contribution in [0.25, 0.3) is 0 Å². The molecule has 1 aliphatic rings. The van der Waals surface area contributed by atoms with Gasteiger partial charge in [0.1, 0.15) is 5.56 Å². The third-order valence-electron chi connectivity index (χ3n) is 3.61. The van der Waals surface area contributed by atoms with E-state index >= 15 is 0 Å². The zero-order chi connectivity index (χ0) is 15.2. The van der Waals surface area contributed by atoms with Crippen LogP contribution in [0.3, 0.4) is 0 Å². The SMILES string of the molecule is O=C(O)c1c(CNCCC2CCOC2)cccc1[N+](=O)[O-]. The number of nitrogens with zero attached hydrogens (tertiary/aromatic N) is 1. The number of ether oxygens (including phenoxy) is 1. The molecule has 1 saturated heterocycles. The van der Waals surface area contributed by atoms with Crippen LogP contribution in [0, 0.1) is 16.0 Å². The van der Waals surface area contributed by atoms with E-state index in [1.54, 1.807) is 6.07 Å². The van der Waals surface area contributed by atoms with Crippen molar-refractivity contribution in [1.29, 1.82) is 0 Å². The molecule has 1 fully saturated rings. The molecule has 114 valence electrons. The Balaban J connectivity index is 1.97. The van der Waals surface area contributed by atoms with E-state index in [2.05, 4.69) is 5.32 Å². The van der Waals surface area contributed by atoms with E-state index in [0.29, 0.717) is 18.0 Å². The molecule has 7 nitrogen and oxygen atoms in total. The van der Waals surface area contributed by atoms with Crippen molar-refractivity contribution >= 4 is 11.7 Å². The minimum atomic E-state index is -1.27. The third-order valence-corrected chi connectivity index (χ3v) is 3.61. The zero-order valence-corrected chi connectivity index (χ0v) is 11.6. The molecular formula is C14H18N2O5. The topological polar surface area (TPSA) is 102 Å². The van der Waals surface area contributed by atoms with Crippen molar-refractivity contribution in [2.45, 2.75) is 19.4 Å². The number of aromatic carboxylic acids is 1. The molecule has 0 bridgehead atoms. The molecule has 1 aliphatic heterocycles. The van der Waals surface area contributed by atoms with E-state index < -0.39 is 10.9 Å². The van der Waals surface area contributed by atoms with Gasteiger partial charge in [0.2, 0.25) is 0 Å². The summed E-state index contributed by atoms with van der Waals surface area (Å²) >= 11 is 0. The molecular weight excluding hydrogens is 276 g/mol. The summed E-state index contributed by atoms with van der Waals surface area (Å²) in [5.41, 5.74) is -0.176. The lowest BCUT2D eigenvalue weighted by Crippen LogP contribution is -2.20. The number of nitro benzene ring substituents is 1. The van der Waals surface area contributed by atoms with Crippen LogP contribution in [0.4, 0.5) is 5.69 Å². The fraction of sp³-hybridized carbons (Fsp3) is 0.500. The lowest BCUT2D eigenvalue weighted by Gasteiger charge is -2.10. The maximum absolute atomic E-state index is 11.2. The van der Waals surface area contributed by atoms with Crippen LogP contribution < -0.4 is 5.32 Å². The highest BCUT2D eigenvalue weighted by Crippen LogP contribution is 2.22. The van der Waals surface area contributed by atoms with Crippen molar-refractivity contribution in [1.82, 2.24) is 5.32 Å². The van der Waals surface area contributed by atoms with Gasteiger partial charge in [-0.25, -0.2) is 4.79 Å². The Morgan fingerprint density at radius 2 is 2.33 bits per heavy atom. The fourth-order valence-corrected chi connectivity index (χ4v) is 2.47. The van der Waals surface area contributed by atoms with Gasteiger partial charge < -0.3 is 15.2 Å². The molecule has 21 heavy (non-hydrogen) atoms. The molecule has 0 aliphatic carbocycles. The van der Waals surface area contributed by atoms with Crippen molar-refractivity contribution in [3.63, 3.8) is 0 Å². The Hall–Kier alpha value is -1.99. The summed E-state index contributed by atoms with van der Waals surface area (Å²) in [6.45, 7) is 2.62. The molecule has 1 aromatic rings. The van der Waals surface area contributed by atoms with Crippen molar-refractivity contribution in [3.8, 4) is 0 Å². The number of carboxylic acids is 1. The van der Waals surface area contributed by atoms with Gasteiger partial charge in [-0.3, -0.25) is 10.1 Å². The molecule has 1 unspecified atom stereocenters. The average molecular weight is 294 g/mol. The minimum absolute atomic E-state index is 0.237. The summed E-state index contributed by atoms with van der Waals surface area (Å²) in [5, 5.41) is 23.2. The minimum Gasteiger partial charge on any atom is -0.477 e. The van der Waals surface area contributed by atoms with Crippen molar-refractivity contribution in [2.75, 3.05) is 19.8 Å². The van der Waals surface area contributed by atoms with Crippen LogP contribution in [0.2, 0.25) is 0 Å². The first-order chi connectivity index (χ1) is 10.1. The molecule has 0 aromatic heterocycles. The molecule has 2 rings (SSSR count). The second-order valence-electron chi connectivity index (χ2n) is 5.07. The molecule has 0 spiro atoms. The second-order valence-corrected chi connectivity index (χ2v) is 5.07. The van der Waals surface area contributed by atoms with Crippen molar-refractivity contribution in [2.24, 2.45) is 5.92 Å². The Morgan fingerprint density at radius 1 is 1.52 bits per heavy atom. The highest BCUT2D eigenvalue weighted by atomic mass is 16.6. The largest absolute Gasteiger partial charge is 0.477 e. The summed E-state index contributed by atoms with van der Waals surface area (Å²) < 4.78 is 5.28. The van der Waals surface area contributed by atoms with E-state index in [0.717, 1.165) is 32.6 Å². The summed E-state index contributed by atoms with van der Waals surface area (Å²) in [6.07, 6.45) is 2.01. The number of nitro groups is 1. The molecule has 0 amide bonds. The fourth-order valence-electron chi connectivity index (χ4n) is 2.47. The van der Waals surface area contributed by atoms with E-state index in [-0.39, 0.29) is 11.3 Å². The van der Waals surface area contributed by atoms with Gasteiger partial charge in [0, 0.05) is 25.8 Å². The quantitative estimate of drug-likeness (QED) is 0.452. The Bertz CT molecular complexity index is 526.